The Balaban J connectivity index is -0.000000422. The summed E-state index contributed by atoms with van der Waals surface area (Å²) in [4.78, 5) is -0.857. The summed E-state index contributed by atoms with van der Waals surface area (Å²) in [5.41, 5.74) is 0. The van der Waals surface area contributed by atoms with Crippen LogP contribution in [0.15, 0.2) is 46.2 Å². The molecule has 0 spiro atoms. The van der Waals surface area contributed by atoms with Crippen molar-refractivity contribution in [3.05, 3.63) is 36.4 Å². The molecule has 0 radical (unpaired) electrons. The van der Waals surface area contributed by atoms with Crippen LogP contribution in [0.1, 0.15) is 0 Å². The maximum atomic E-state index is 10.5. The van der Waals surface area contributed by atoms with Crippen molar-refractivity contribution in [3.8, 4) is 23.0 Å². The van der Waals surface area contributed by atoms with Gasteiger partial charge in [-0.2, -0.15) is 0 Å². The van der Waals surface area contributed by atoms with Crippen molar-refractivity contribution in [3.63, 3.8) is 0 Å². The van der Waals surface area contributed by atoms with Gasteiger partial charge in [-0.3, -0.25) is 0 Å². The van der Waals surface area contributed by atoms with Crippen molar-refractivity contribution in [2.24, 2.45) is 0 Å². The number of phenols is 2. The van der Waals surface area contributed by atoms with Crippen LogP contribution < -0.4 is 112 Å². The van der Waals surface area contributed by atoms with Gasteiger partial charge in [0.1, 0.15) is 20.2 Å². The van der Waals surface area contributed by atoms with E-state index >= 15 is 0 Å². The number of rotatable bonds is 4. The van der Waals surface area contributed by atoms with E-state index in [1.54, 1.807) is 0 Å². The van der Waals surface area contributed by atoms with E-state index in [1.165, 1.54) is 14.2 Å². The molecule has 0 bridgehead atoms. The molecule has 0 aliphatic heterocycles. The molecule has 0 saturated carbocycles. The number of ether oxygens (including phenoxy) is 2. The molecule has 0 fully saturated rings. The molecule has 11 nitrogen and oxygen atoms in total. The fourth-order valence-corrected chi connectivity index (χ4v) is 2.60. The normalized spacial score (nSPS) is 10.1. The molecular weight excluding hydrogens is 486 g/mol. The monoisotopic (exact) mass is 502 g/mol. The summed E-state index contributed by atoms with van der Waals surface area (Å²) in [5.74, 6) is -0.515. The van der Waals surface area contributed by atoms with Gasteiger partial charge in [0.15, 0.2) is 23.0 Å². The molecule has 0 amide bonds. The molecule has 0 saturated heterocycles. The van der Waals surface area contributed by atoms with E-state index in [2.05, 4.69) is 9.47 Å². The average Bonchev–Trinajstić information content (AvgIpc) is 2.54. The van der Waals surface area contributed by atoms with Gasteiger partial charge in [0.25, 0.3) is 0 Å². The second-order valence-electron chi connectivity index (χ2n) is 4.58. The molecule has 0 heterocycles. The van der Waals surface area contributed by atoms with E-state index in [0.717, 1.165) is 36.4 Å². The van der Waals surface area contributed by atoms with Crippen LogP contribution in [0.4, 0.5) is 0 Å². The standard InChI is InChI=1S/2C7H8O5S.2K.H2O/c2*1-12-7-4-5(13(9,10)11)2-3-6(7)8;;;/h2*2-4,8H,1H3,(H,9,10,11);;;1H2/q;;2*+1;/p-2. The zero-order valence-corrected chi connectivity index (χ0v) is 23.8. The smallest absolute Gasteiger partial charge is 0.744 e. The number of hydrogen-bond acceptors (Lipinski definition) is 10. The number of phenolic OH excluding ortho intramolecular Hbond substituents is 2. The second-order valence-corrected chi connectivity index (χ2v) is 7.33. The van der Waals surface area contributed by atoms with Crippen LogP contribution in [0.25, 0.3) is 0 Å². The molecule has 2 rings (SSSR count). The average molecular weight is 503 g/mol. The molecule has 0 aliphatic rings. The summed E-state index contributed by atoms with van der Waals surface area (Å²) in [6.07, 6.45) is 0. The minimum Gasteiger partial charge on any atom is -0.744 e. The van der Waals surface area contributed by atoms with Crippen molar-refractivity contribution in [2.75, 3.05) is 14.2 Å². The summed E-state index contributed by atoms with van der Waals surface area (Å²) in [6, 6.07) is 6.14. The predicted molar refractivity (Wildman–Crippen MR) is 88.9 cm³/mol. The van der Waals surface area contributed by atoms with Crippen molar-refractivity contribution in [1.29, 1.82) is 0 Å². The van der Waals surface area contributed by atoms with E-state index in [1.807, 2.05) is 0 Å². The number of hydrogen-bond donors (Lipinski definition) is 2. The fraction of sp³-hybridized carbons (Fsp3) is 0.143. The maximum absolute atomic E-state index is 10.5. The summed E-state index contributed by atoms with van der Waals surface area (Å²) < 4.78 is 72.4. The quantitative estimate of drug-likeness (QED) is 0.299. The van der Waals surface area contributed by atoms with E-state index in [4.69, 9.17) is 10.2 Å². The zero-order valence-electron chi connectivity index (χ0n) is 15.9. The topological polar surface area (TPSA) is 205 Å². The van der Waals surface area contributed by atoms with Crippen LogP contribution in [0.5, 0.6) is 23.0 Å². The van der Waals surface area contributed by atoms with Crippen molar-refractivity contribution >= 4 is 20.2 Å². The van der Waals surface area contributed by atoms with Gasteiger partial charge in [-0.15, -0.1) is 0 Å². The van der Waals surface area contributed by atoms with Gasteiger partial charge in [0, 0.05) is 12.1 Å². The first kappa shape index (κ1) is 34.3. The Bertz CT molecular complexity index is 911. The molecular formula is C14H16K2O11S2. The minimum atomic E-state index is -4.49. The third-order valence-corrected chi connectivity index (χ3v) is 4.54. The molecule has 152 valence electrons. The molecule has 4 N–H and O–H groups in total. The fourth-order valence-electron chi connectivity index (χ4n) is 1.63. The minimum absolute atomic E-state index is 0. The summed E-state index contributed by atoms with van der Waals surface area (Å²) in [7, 11) is -6.47. The van der Waals surface area contributed by atoms with Gasteiger partial charge in [-0.05, 0) is 24.3 Å². The Labute approximate surface area is 253 Å². The van der Waals surface area contributed by atoms with Gasteiger partial charge in [-0.25, -0.2) is 16.8 Å². The molecule has 0 atom stereocenters. The maximum Gasteiger partial charge on any atom is 1.00 e. The summed E-state index contributed by atoms with van der Waals surface area (Å²) >= 11 is 0. The van der Waals surface area contributed by atoms with Crippen LogP contribution in [0.3, 0.4) is 0 Å². The zero-order chi connectivity index (χ0) is 20.1. The molecule has 0 aromatic heterocycles. The third kappa shape index (κ3) is 11.2. The van der Waals surface area contributed by atoms with E-state index in [-0.39, 0.29) is 131 Å². The van der Waals surface area contributed by atoms with Crippen LogP contribution in [0, 0.1) is 0 Å². The number of aromatic hydroxyl groups is 2. The molecule has 29 heavy (non-hydrogen) atoms. The Morgan fingerprint density at radius 2 is 1.00 bits per heavy atom. The van der Waals surface area contributed by atoms with Gasteiger partial charge in [-0.1, -0.05) is 0 Å². The first-order chi connectivity index (χ1) is 11.9. The van der Waals surface area contributed by atoms with Crippen LogP contribution in [0.2, 0.25) is 0 Å². The van der Waals surface area contributed by atoms with Crippen molar-refractivity contribution in [2.45, 2.75) is 9.79 Å². The number of methoxy groups -OCH3 is 2. The molecule has 15 heteroatoms. The van der Waals surface area contributed by atoms with Gasteiger partial charge < -0.3 is 34.3 Å². The van der Waals surface area contributed by atoms with Crippen LogP contribution >= 0.6 is 0 Å². The molecule has 2 aromatic carbocycles. The molecule has 0 unspecified atom stereocenters. The van der Waals surface area contributed by atoms with Crippen LogP contribution in [-0.2, 0) is 20.2 Å². The van der Waals surface area contributed by atoms with E-state index in [0.29, 0.717) is 0 Å². The van der Waals surface area contributed by atoms with Gasteiger partial charge >= 0.3 is 103 Å². The van der Waals surface area contributed by atoms with Crippen molar-refractivity contribution in [1.82, 2.24) is 0 Å². The number of benzene rings is 2. The Kier molecular flexibility index (Phi) is 17.4. The largest absolute Gasteiger partial charge is 1.00 e. The van der Waals surface area contributed by atoms with Crippen molar-refractivity contribution < 1.29 is 154 Å². The first-order valence-electron chi connectivity index (χ1n) is 6.56. The summed E-state index contributed by atoms with van der Waals surface area (Å²) in [5, 5.41) is 18.2. The molecule has 0 aliphatic carbocycles. The Hall–Kier alpha value is 0.693. The summed E-state index contributed by atoms with van der Waals surface area (Å²) in [6.45, 7) is 0. The van der Waals surface area contributed by atoms with Crippen LogP contribution in [-0.4, -0.2) is 55.8 Å². The van der Waals surface area contributed by atoms with Gasteiger partial charge in [0.2, 0.25) is 0 Å². The second kappa shape index (κ2) is 14.7. The van der Waals surface area contributed by atoms with E-state index in [9.17, 15) is 25.9 Å². The van der Waals surface area contributed by atoms with E-state index < -0.39 is 30.0 Å². The third-order valence-electron chi connectivity index (χ3n) is 2.88. The van der Waals surface area contributed by atoms with Gasteiger partial charge in [0.05, 0.1) is 24.0 Å². The molecule has 2 aromatic rings. The first-order valence-corrected chi connectivity index (χ1v) is 9.37. The SMILES string of the molecule is COc1cc(S(=O)(=O)[O-])ccc1O.COc1cc(S(=O)(=O)[O-])ccc1O.O.[K+].[K+]. The Morgan fingerprint density at radius 1 is 0.724 bits per heavy atom. The predicted octanol–water partition coefficient (Wildman–Crippen LogP) is -6.21. The Morgan fingerprint density at radius 3 is 1.21 bits per heavy atom.